The first-order chi connectivity index (χ1) is 12.6. The predicted molar refractivity (Wildman–Crippen MR) is 108 cm³/mol. The first-order valence-electron chi connectivity index (χ1n) is 8.12. The van der Waals surface area contributed by atoms with Gasteiger partial charge < -0.3 is 5.32 Å². The Labute approximate surface area is 159 Å². The van der Waals surface area contributed by atoms with Crippen LogP contribution in [0.3, 0.4) is 0 Å². The van der Waals surface area contributed by atoms with E-state index in [-0.39, 0.29) is 17.2 Å². The van der Waals surface area contributed by atoms with Gasteiger partial charge in [-0.25, -0.2) is 4.98 Å². The van der Waals surface area contributed by atoms with Crippen LogP contribution >= 0.6 is 23.1 Å². The molecule has 0 bridgehead atoms. The van der Waals surface area contributed by atoms with E-state index in [1.807, 2.05) is 36.6 Å². The number of benzene rings is 1. The van der Waals surface area contributed by atoms with Gasteiger partial charge in [0.1, 0.15) is 4.83 Å². The first-order valence-corrected chi connectivity index (χ1v) is 9.99. The summed E-state index contributed by atoms with van der Waals surface area (Å²) in [6.07, 6.45) is 1.66. The van der Waals surface area contributed by atoms with Crippen molar-refractivity contribution in [2.24, 2.45) is 0 Å². The maximum atomic E-state index is 12.6. The second-order valence-electron chi connectivity index (χ2n) is 5.79. The van der Waals surface area contributed by atoms with Crippen molar-refractivity contribution in [3.8, 4) is 0 Å². The Bertz CT molecular complexity index is 990. The summed E-state index contributed by atoms with van der Waals surface area (Å²) in [5, 5.41) is 5.88. The largest absolute Gasteiger partial charge is 0.351 e. The molecule has 0 aliphatic carbocycles. The number of amides is 1. The molecular weight excluding hydrogens is 366 g/mol. The van der Waals surface area contributed by atoms with Crippen LogP contribution in [0.5, 0.6) is 0 Å². The molecule has 2 aromatic heterocycles. The number of allylic oxidation sites excluding steroid dienone is 1. The predicted octanol–water partition coefficient (Wildman–Crippen LogP) is 3.36. The van der Waals surface area contributed by atoms with Gasteiger partial charge in [-0.1, -0.05) is 47.7 Å². The van der Waals surface area contributed by atoms with Gasteiger partial charge in [0.15, 0.2) is 5.16 Å². The van der Waals surface area contributed by atoms with E-state index in [2.05, 4.69) is 16.9 Å². The summed E-state index contributed by atoms with van der Waals surface area (Å²) < 4.78 is 1.56. The molecule has 0 radical (unpaired) electrons. The standard InChI is InChI=1S/C19H19N3O2S2/c1-3-9-22-18(24)15-8-10-25-17(15)21-19(22)26-12-16(23)20-11-14-6-4-13(2)5-7-14/h3-8,10H,1,9,11-12H2,2H3,(H,20,23). The molecule has 0 atom stereocenters. The van der Waals surface area contributed by atoms with Gasteiger partial charge in [-0.3, -0.25) is 14.2 Å². The highest BCUT2D eigenvalue weighted by Crippen LogP contribution is 2.21. The molecule has 1 N–H and O–H groups in total. The van der Waals surface area contributed by atoms with Crippen LogP contribution in [0.15, 0.2) is 58.3 Å². The number of hydrogen-bond acceptors (Lipinski definition) is 5. The van der Waals surface area contributed by atoms with Crippen LogP contribution in [-0.2, 0) is 17.9 Å². The lowest BCUT2D eigenvalue weighted by Gasteiger charge is -2.10. The minimum Gasteiger partial charge on any atom is -0.351 e. The van der Waals surface area contributed by atoms with Gasteiger partial charge in [0.2, 0.25) is 5.91 Å². The average Bonchev–Trinajstić information content (AvgIpc) is 3.11. The highest BCUT2D eigenvalue weighted by molar-refractivity contribution is 7.99. The second kappa shape index (κ2) is 8.33. The van der Waals surface area contributed by atoms with Crippen LogP contribution in [0.2, 0.25) is 0 Å². The number of thiophene rings is 1. The van der Waals surface area contributed by atoms with Gasteiger partial charge in [-0.2, -0.15) is 0 Å². The lowest BCUT2D eigenvalue weighted by atomic mass is 10.1. The van der Waals surface area contributed by atoms with Crippen molar-refractivity contribution in [3.05, 3.63) is 69.8 Å². The van der Waals surface area contributed by atoms with Crippen molar-refractivity contribution < 1.29 is 4.79 Å². The van der Waals surface area contributed by atoms with Crippen molar-refractivity contribution >= 4 is 39.2 Å². The Morgan fingerprint density at radius 2 is 2.12 bits per heavy atom. The summed E-state index contributed by atoms with van der Waals surface area (Å²) in [4.78, 5) is 29.9. The normalized spacial score (nSPS) is 10.8. The number of carbonyl (C=O) groups is 1. The van der Waals surface area contributed by atoms with Gasteiger partial charge >= 0.3 is 0 Å². The van der Waals surface area contributed by atoms with E-state index in [9.17, 15) is 9.59 Å². The molecule has 134 valence electrons. The number of aryl methyl sites for hydroxylation is 1. The minimum atomic E-state index is -0.0984. The zero-order valence-electron chi connectivity index (χ0n) is 14.4. The quantitative estimate of drug-likeness (QED) is 0.385. The first kappa shape index (κ1) is 18.4. The Balaban J connectivity index is 1.67. The number of hydrogen-bond donors (Lipinski definition) is 1. The summed E-state index contributed by atoms with van der Waals surface area (Å²) >= 11 is 2.68. The van der Waals surface area contributed by atoms with E-state index in [1.165, 1.54) is 28.7 Å². The van der Waals surface area contributed by atoms with Gasteiger partial charge in [0.05, 0.1) is 11.1 Å². The van der Waals surface area contributed by atoms with Gasteiger partial charge in [-0.05, 0) is 23.9 Å². The summed E-state index contributed by atoms with van der Waals surface area (Å²) in [7, 11) is 0. The molecule has 0 saturated heterocycles. The fraction of sp³-hybridized carbons (Fsp3) is 0.211. The number of aromatic nitrogens is 2. The van der Waals surface area contributed by atoms with Crippen LogP contribution in [0.1, 0.15) is 11.1 Å². The molecule has 26 heavy (non-hydrogen) atoms. The van der Waals surface area contributed by atoms with E-state index in [0.29, 0.717) is 28.5 Å². The second-order valence-corrected chi connectivity index (χ2v) is 7.63. The summed E-state index contributed by atoms with van der Waals surface area (Å²) in [5.41, 5.74) is 2.14. The molecule has 2 heterocycles. The van der Waals surface area contributed by atoms with Crippen molar-refractivity contribution in [3.63, 3.8) is 0 Å². The molecule has 1 amide bonds. The molecule has 0 aliphatic heterocycles. The molecular formula is C19H19N3O2S2. The molecule has 0 saturated carbocycles. The number of nitrogens with one attached hydrogen (secondary N) is 1. The maximum Gasteiger partial charge on any atom is 0.263 e. The lowest BCUT2D eigenvalue weighted by Crippen LogP contribution is -2.26. The average molecular weight is 386 g/mol. The maximum absolute atomic E-state index is 12.6. The molecule has 0 spiro atoms. The fourth-order valence-corrected chi connectivity index (χ4v) is 4.06. The number of fused-ring (bicyclic) bond motifs is 1. The van der Waals surface area contributed by atoms with E-state index < -0.39 is 0 Å². The number of thioether (sulfide) groups is 1. The van der Waals surface area contributed by atoms with E-state index >= 15 is 0 Å². The zero-order chi connectivity index (χ0) is 18.5. The van der Waals surface area contributed by atoms with Gasteiger partial charge in [0, 0.05) is 13.1 Å². The van der Waals surface area contributed by atoms with Crippen LogP contribution in [0, 0.1) is 6.92 Å². The molecule has 3 rings (SSSR count). The Kier molecular flexibility index (Phi) is 5.90. The lowest BCUT2D eigenvalue weighted by molar-refractivity contribution is -0.118. The third-order valence-corrected chi connectivity index (χ3v) is 5.59. The summed E-state index contributed by atoms with van der Waals surface area (Å²) in [6.45, 7) is 6.57. The Hall–Kier alpha value is -2.38. The number of rotatable bonds is 7. The molecule has 1 aromatic carbocycles. The van der Waals surface area contributed by atoms with Crippen molar-refractivity contribution in [1.82, 2.24) is 14.9 Å². The molecule has 3 aromatic rings. The van der Waals surface area contributed by atoms with Crippen molar-refractivity contribution in [1.29, 1.82) is 0 Å². The highest BCUT2D eigenvalue weighted by Gasteiger charge is 2.13. The Morgan fingerprint density at radius 3 is 2.85 bits per heavy atom. The summed E-state index contributed by atoms with van der Waals surface area (Å²) in [5.74, 6) is 0.105. The zero-order valence-corrected chi connectivity index (χ0v) is 16.0. The van der Waals surface area contributed by atoms with Crippen LogP contribution in [0.4, 0.5) is 0 Å². The van der Waals surface area contributed by atoms with Crippen molar-refractivity contribution in [2.45, 2.75) is 25.2 Å². The summed E-state index contributed by atoms with van der Waals surface area (Å²) in [6, 6.07) is 9.81. The fourth-order valence-electron chi connectivity index (χ4n) is 2.42. The van der Waals surface area contributed by atoms with Crippen LogP contribution in [0.25, 0.3) is 10.2 Å². The topological polar surface area (TPSA) is 64.0 Å². The molecule has 0 unspecified atom stereocenters. The molecule has 0 fully saturated rings. The van der Waals surface area contributed by atoms with E-state index in [1.54, 1.807) is 16.7 Å². The van der Waals surface area contributed by atoms with Gasteiger partial charge in [0.25, 0.3) is 5.56 Å². The van der Waals surface area contributed by atoms with Gasteiger partial charge in [-0.15, -0.1) is 17.9 Å². The minimum absolute atomic E-state index is 0.0961. The number of carbonyl (C=O) groups excluding carboxylic acids is 1. The van der Waals surface area contributed by atoms with Crippen molar-refractivity contribution in [2.75, 3.05) is 5.75 Å². The molecule has 0 aliphatic rings. The Morgan fingerprint density at radius 1 is 1.35 bits per heavy atom. The van der Waals surface area contributed by atoms with E-state index in [0.717, 1.165) is 5.56 Å². The molecule has 5 nitrogen and oxygen atoms in total. The smallest absolute Gasteiger partial charge is 0.263 e. The third-order valence-electron chi connectivity index (χ3n) is 3.80. The molecule has 7 heteroatoms. The van der Waals surface area contributed by atoms with E-state index in [4.69, 9.17) is 0 Å². The third kappa shape index (κ3) is 4.23. The van der Waals surface area contributed by atoms with Crippen LogP contribution < -0.4 is 10.9 Å². The number of nitrogens with zero attached hydrogens (tertiary/aromatic N) is 2. The monoisotopic (exact) mass is 385 g/mol. The highest BCUT2D eigenvalue weighted by atomic mass is 32.2. The SMILES string of the molecule is C=CCn1c(SCC(=O)NCc2ccc(C)cc2)nc2sccc2c1=O. The van der Waals surface area contributed by atoms with Crippen LogP contribution in [-0.4, -0.2) is 21.2 Å².